The van der Waals surface area contributed by atoms with E-state index in [1.165, 1.54) is 0 Å². The molecule has 0 spiro atoms. The van der Waals surface area contributed by atoms with Crippen molar-refractivity contribution in [3.8, 4) is 34.6 Å². The molecule has 0 aliphatic carbocycles. The zero-order valence-corrected chi connectivity index (χ0v) is 18.3. The summed E-state index contributed by atoms with van der Waals surface area (Å²) in [6.07, 6.45) is 4.27. The highest BCUT2D eigenvalue weighted by molar-refractivity contribution is 5.93. The number of para-hydroxylation sites is 1. The van der Waals surface area contributed by atoms with E-state index < -0.39 is 0 Å². The second-order valence-electron chi connectivity index (χ2n) is 8.01. The molecule has 1 atom stereocenters. The van der Waals surface area contributed by atoms with Crippen molar-refractivity contribution in [2.24, 2.45) is 5.92 Å². The Morgan fingerprint density at radius 2 is 1.91 bits per heavy atom. The lowest BCUT2D eigenvalue weighted by Crippen LogP contribution is -2.28. The first-order valence-electron chi connectivity index (χ1n) is 10.9. The number of carbonyl (C=O) groups excluding carboxylic acids is 1. The molecule has 1 aliphatic heterocycles. The van der Waals surface area contributed by atoms with Crippen molar-refractivity contribution in [3.05, 3.63) is 67.1 Å². The topological polar surface area (TPSA) is 73.1 Å². The number of aromatic nitrogens is 4. The van der Waals surface area contributed by atoms with Crippen molar-refractivity contribution >= 4 is 16.9 Å². The zero-order valence-electron chi connectivity index (χ0n) is 18.3. The number of nitrogens with zero attached hydrogens (tertiary/aromatic N) is 5. The van der Waals surface area contributed by atoms with Crippen molar-refractivity contribution in [3.63, 3.8) is 0 Å². The molecule has 164 valence electrons. The van der Waals surface area contributed by atoms with E-state index in [0.717, 1.165) is 46.8 Å². The SMILES string of the molecule is CC#CC(=O)N1CC[C@@H](Cn2nc(-c3ccc(Oc4ccccc4)cc3)c3cncnc32)C1. The first-order chi connectivity index (χ1) is 16.2. The van der Waals surface area contributed by atoms with E-state index in [1.54, 1.807) is 19.4 Å². The molecule has 0 saturated carbocycles. The van der Waals surface area contributed by atoms with Crippen LogP contribution in [0.1, 0.15) is 13.3 Å². The van der Waals surface area contributed by atoms with Crippen LogP contribution in [0.15, 0.2) is 67.1 Å². The maximum absolute atomic E-state index is 12.1. The Hall–Kier alpha value is -4.18. The summed E-state index contributed by atoms with van der Waals surface area (Å²) in [4.78, 5) is 22.6. The van der Waals surface area contributed by atoms with Gasteiger partial charge >= 0.3 is 0 Å². The average Bonchev–Trinajstić information content (AvgIpc) is 3.46. The van der Waals surface area contributed by atoms with E-state index in [1.807, 2.05) is 64.2 Å². The van der Waals surface area contributed by atoms with Gasteiger partial charge in [-0.25, -0.2) is 14.6 Å². The molecule has 2 aromatic heterocycles. The van der Waals surface area contributed by atoms with Crippen molar-refractivity contribution in [1.29, 1.82) is 0 Å². The fourth-order valence-corrected chi connectivity index (χ4v) is 4.16. The number of hydrogen-bond donors (Lipinski definition) is 0. The maximum Gasteiger partial charge on any atom is 0.298 e. The highest BCUT2D eigenvalue weighted by Gasteiger charge is 2.27. The molecule has 4 aromatic rings. The molecule has 0 radical (unpaired) electrons. The Balaban J connectivity index is 1.38. The van der Waals surface area contributed by atoms with Crippen molar-refractivity contribution in [1.82, 2.24) is 24.6 Å². The summed E-state index contributed by atoms with van der Waals surface area (Å²) >= 11 is 0. The normalized spacial score (nSPS) is 15.3. The molecule has 0 bridgehead atoms. The van der Waals surface area contributed by atoms with Gasteiger partial charge in [0.2, 0.25) is 0 Å². The minimum absolute atomic E-state index is 0.105. The predicted octanol–water partition coefficient (Wildman–Crippen LogP) is 4.16. The number of fused-ring (bicyclic) bond motifs is 1. The Bertz CT molecular complexity index is 1340. The van der Waals surface area contributed by atoms with Gasteiger partial charge in [0.25, 0.3) is 5.91 Å². The number of likely N-dealkylation sites (tertiary alicyclic amines) is 1. The van der Waals surface area contributed by atoms with Crippen LogP contribution < -0.4 is 4.74 Å². The first kappa shape index (κ1) is 20.7. The van der Waals surface area contributed by atoms with Gasteiger partial charge < -0.3 is 9.64 Å². The average molecular weight is 438 g/mol. The second kappa shape index (κ2) is 9.13. The van der Waals surface area contributed by atoms with E-state index in [0.29, 0.717) is 19.0 Å². The minimum atomic E-state index is -0.105. The van der Waals surface area contributed by atoms with Crippen LogP contribution in [0.2, 0.25) is 0 Å². The van der Waals surface area contributed by atoms with Gasteiger partial charge in [0.15, 0.2) is 5.65 Å². The van der Waals surface area contributed by atoms with Gasteiger partial charge in [-0.15, -0.1) is 0 Å². The van der Waals surface area contributed by atoms with Crippen LogP contribution in [0.3, 0.4) is 0 Å². The second-order valence-corrected chi connectivity index (χ2v) is 8.01. The van der Waals surface area contributed by atoms with Crippen LogP contribution >= 0.6 is 0 Å². The standard InChI is InChI=1S/C26H23N5O2/c1-2-6-24(32)30-14-13-19(16-30)17-31-26-23(15-27-18-28-26)25(29-31)20-9-11-22(12-10-20)33-21-7-4-3-5-8-21/h3-5,7-12,15,18-19H,13-14,16-17H2,1H3/t19-/m1/s1. The lowest BCUT2D eigenvalue weighted by atomic mass is 10.1. The van der Waals surface area contributed by atoms with E-state index in [2.05, 4.69) is 21.8 Å². The summed E-state index contributed by atoms with van der Waals surface area (Å²) < 4.78 is 7.84. The number of amides is 1. The van der Waals surface area contributed by atoms with Crippen molar-refractivity contribution in [2.75, 3.05) is 13.1 Å². The van der Waals surface area contributed by atoms with Crippen molar-refractivity contribution < 1.29 is 9.53 Å². The molecule has 0 unspecified atom stereocenters. The number of hydrogen-bond acceptors (Lipinski definition) is 5. The van der Waals surface area contributed by atoms with Crippen LogP contribution in [0.25, 0.3) is 22.3 Å². The van der Waals surface area contributed by atoms with Crippen LogP contribution in [0.5, 0.6) is 11.5 Å². The summed E-state index contributed by atoms with van der Waals surface area (Å²) in [6, 6.07) is 17.6. The maximum atomic E-state index is 12.1. The molecular weight excluding hydrogens is 414 g/mol. The lowest BCUT2D eigenvalue weighted by Gasteiger charge is -2.13. The molecule has 2 aromatic carbocycles. The van der Waals surface area contributed by atoms with Gasteiger partial charge in [-0.3, -0.25) is 4.79 Å². The van der Waals surface area contributed by atoms with Gasteiger partial charge in [-0.1, -0.05) is 24.1 Å². The van der Waals surface area contributed by atoms with E-state index in [-0.39, 0.29) is 5.91 Å². The van der Waals surface area contributed by atoms with Gasteiger partial charge in [-0.05, 0) is 61.6 Å². The van der Waals surface area contributed by atoms with Gasteiger partial charge in [0.1, 0.15) is 23.5 Å². The molecule has 0 N–H and O–H groups in total. The van der Waals surface area contributed by atoms with Gasteiger partial charge in [0, 0.05) is 31.4 Å². The molecule has 7 nitrogen and oxygen atoms in total. The Kier molecular flexibility index (Phi) is 5.73. The summed E-state index contributed by atoms with van der Waals surface area (Å²) in [7, 11) is 0. The quantitative estimate of drug-likeness (QED) is 0.439. The number of ether oxygens (including phenoxy) is 1. The molecule has 1 aliphatic rings. The highest BCUT2D eigenvalue weighted by Crippen LogP contribution is 2.30. The Morgan fingerprint density at radius 1 is 1.12 bits per heavy atom. The summed E-state index contributed by atoms with van der Waals surface area (Å²) in [5, 5.41) is 5.78. The molecule has 3 heterocycles. The molecular formula is C26H23N5O2. The predicted molar refractivity (Wildman–Crippen MR) is 125 cm³/mol. The van der Waals surface area contributed by atoms with E-state index in [9.17, 15) is 4.79 Å². The van der Waals surface area contributed by atoms with Crippen molar-refractivity contribution in [2.45, 2.75) is 19.9 Å². The van der Waals surface area contributed by atoms with Gasteiger partial charge in [0.05, 0.1) is 5.39 Å². The van der Waals surface area contributed by atoms with E-state index >= 15 is 0 Å². The fraction of sp³-hybridized carbons (Fsp3) is 0.231. The third-order valence-corrected chi connectivity index (χ3v) is 5.75. The first-order valence-corrected chi connectivity index (χ1v) is 10.9. The van der Waals surface area contributed by atoms with Crippen LogP contribution in [-0.4, -0.2) is 43.6 Å². The zero-order chi connectivity index (χ0) is 22.6. The third kappa shape index (κ3) is 4.41. The molecule has 5 rings (SSSR count). The number of carbonyl (C=O) groups is 1. The van der Waals surface area contributed by atoms with E-state index in [4.69, 9.17) is 9.84 Å². The monoisotopic (exact) mass is 437 g/mol. The molecule has 1 saturated heterocycles. The number of benzene rings is 2. The molecule has 33 heavy (non-hydrogen) atoms. The molecule has 7 heteroatoms. The smallest absolute Gasteiger partial charge is 0.298 e. The van der Waals surface area contributed by atoms with Gasteiger partial charge in [-0.2, -0.15) is 5.10 Å². The molecule has 1 amide bonds. The van der Waals surface area contributed by atoms with Crippen LogP contribution in [0, 0.1) is 17.8 Å². The highest BCUT2D eigenvalue weighted by atomic mass is 16.5. The minimum Gasteiger partial charge on any atom is -0.457 e. The summed E-state index contributed by atoms with van der Waals surface area (Å²) in [5.74, 6) is 7.07. The van der Waals surface area contributed by atoms with Crippen LogP contribution in [-0.2, 0) is 11.3 Å². The summed E-state index contributed by atoms with van der Waals surface area (Å²) in [6.45, 7) is 3.78. The Morgan fingerprint density at radius 3 is 2.70 bits per heavy atom. The molecule has 1 fully saturated rings. The summed E-state index contributed by atoms with van der Waals surface area (Å²) in [5.41, 5.74) is 2.60. The Labute approximate surface area is 192 Å². The fourth-order valence-electron chi connectivity index (χ4n) is 4.16. The lowest BCUT2D eigenvalue weighted by molar-refractivity contribution is -0.124. The third-order valence-electron chi connectivity index (χ3n) is 5.75. The largest absolute Gasteiger partial charge is 0.457 e. The van der Waals surface area contributed by atoms with Crippen LogP contribution in [0.4, 0.5) is 0 Å². The number of rotatable bonds is 5.